The van der Waals surface area contributed by atoms with Crippen molar-refractivity contribution in [3.63, 3.8) is 0 Å². The molecule has 12 heteroatoms. The zero-order valence-corrected chi connectivity index (χ0v) is 20.8. The lowest BCUT2D eigenvalue weighted by Crippen LogP contribution is -2.58. The first-order chi connectivity index (χ1) is 17.6. The topological polar surface area (TPSA) is 188 Å². The van der Waals surface area contributed by atoms with Crippen LogP contribution >= 0.6 is 12.6 Å². The van der Waals surface area contributed by atoms with Crippen LogP contribution in [0.3, 0.4) is 0 Å². The summed E-state index contributed by atoms with van der Waals surface area (Å²) in [6, 6.07) is 12.4. The molecule has 198 valence electrons. The standard InChI is InChI=1S/C25H30N4O7S/c26-17(11-15-7-3-1-4-8-15)22(32)27-19(13-21(30)31)24(34)28-18(12-16-9-5-2-6-10-16)23(33)29-20(14-37)25(35)36/h1-10,17-20,37H,11-14,26H2,(H,27,32)(H,28,34)(H,29,33)(H,30,31)(H,35,36). The number of carboxylic acids is 2. The Morgan fingerprint density at radius 2 is 1.16 bits per heavy atom. The van der Waals surface area contributed by atoms with Crippen molar-refractivity contribution in [2.45, 2.75) is 43.4 Å². The molecular weight excluding hydrogens is 500 g/mol. The molecule has 4 unspecified atom stereocenters. The van der Waals surface area contributed by atoms with E-state index in [2.05, 4.69) is 28.6 Å². The number of hydrogen-bond acceptors (Lipinski definition) is 7. The number of aliphatic carboxylic acids is 2. The van der Waals surface area contributed by atoms with E-state index in [0.717, 1.165) is 5.56 Å². The van der Waals surface area contributed by atoms with E-state index in [1.165, 1.54) is 0 Å². The van der Waals surface area contributed by atoms with Gasteiger partial charge in [0.15, 0.2) is 0 Å². The Hall–Kier alpha value is -3.90. The molecule has 2 aromatic carbocycles. The normalized spacial score (nSPS) is 13.9. The molecule has 0 spiro atoms. The van der Waals surface area contributed by atoms with Gasteiger partial charge in [0.2, 0.25) is 17.7 Å². The van der Waals surface area contributed by atoms with E-state index in [9.17, 15) is 34.2 Å². The molecule has 0 bridgehead atoms. The summed E-state index contributed by atoms with van der Waals surface area (Å²) < 4.78 is 0. The first-order valence-corrected chi connectivity index (χ1v) is 12.0. The largest absolute Gasteiger partial charge is 0.481 e. The summed E-state index contributed by atoms with van der Waals surface area (Å²) in [7, 11) is 0. The van der Waals surface area contributed by atoms with E-state index < -0.39 is 60.2 Å². The van der Waals surface area contributed by atoms with Gasteiger partial charge in [0.25, 0.3) is 0 Å². The molecule has 3 amide bonds. The summed E-state index contributed by atoms with van der Waals surface area (Å²) in [4.78, 5) is 61.3. The number of amides is 3. The SMILES string of the molecule is NC(Cc1ccccc1)C(=O)NC(CC(=O)O)C(=O)NC(Cc1ccccc1)C(=O)NC(CS)C(=O)O. The van der Waals surface area contributed by atoms with Gasteiger partial charge in [0.1, 0.15) is 18.1 Å². The fourth-order valence-electron chi connectivity index (χ4n) is 3.41. The van der Waals surface area contributed by atoms with Crippen LogP contribution in [0.5, 0.6) is 0 Å². The van der Waals surface area contributed by atoms with Gasteiger partial charge in [0, 0.05) is 12.2 Å². The van der Waals surface area contributed by atoms with Crippen LogP contribution < -0.4 is 21.7 Å². The lowest BCUT2D eigenvalue weighted by Gasteiger charge is -2.24. The van der Waals surface area contributed by atoms with Gasteiger partial charge in [-0.1, -0.05) is 60.7 Å². The molecule has 0 aliphatic heterocycles. The summed E-state index contributed by atoms with van der Waals surface area (Å²) in [5.74, 6) is -5.34. The van der Waals surface area contributed by atoms with Crippen molar-refractivity contribution in [3.8, 4) is 0 Å². The van der Waals surface area contributed by atoms with Gasteiger partial charge >= 0.3 is 11.9 Å². The predicted molar refractivity (Wildman–Crippen MR) is 138 cm³/mol. The smallest absolute Gasteiger partial charge is 0.327 e. The number of carboxylic acid groups (broad SMARTS) is 2. The fraction of sp³-hybridized carbons (Fsp3) is 0.320. The van der Waals surface area contributed by atoms with Gasteiger partial charge in [-0.3, -0.25) is 19.2 Å². The Balaban J connectivity index is 2.18. The average Bonchev–Trinajstić information content (AvgIpc) is 2.86. The number of nitrogens with two attached hydrogens (primary N) is 1. The third-order valence-electron chi connectivity index (χ3n) is 5.36. The summed E-state index contributed by atoms with van der Waals surface area (Å²) in [5, 5.41) is 25.6. The van der Waals surface area contributed by atoms with E-state index in [1.807, 2.05) is 0 Å². The van der Waals surface area contributed by atoms with Crippen molar-refractivity contribution in [2.75, 3.05) is 5.75 Å². The summed E-state index contributed by atoms with van der Waals surface area (Å²) in [6.07, 6.45) is -0.615. The van der Waals surface area contributed by atoms with E-state index in [1.54, 1.807) is 60.7 Å². The highest BCUT2D eigenvalue weighted by molar-refractivity contribution is 7.80. The van der Waals surface area contributed by atoms with Gasteiger partial charge in [-0.2, -0.15) is 12.6 Å². The first kappa shape index (κ1) is 29.3. The van der Waals surface area contributed by atoms with Gasteiger partial charge in [0.05, 0.1) is 12.5 Å². The zero-order valence-electron chi connectivity index (χ0n) is 19.9. The first-order valence-electron chi connectivity index (χ1n) is 11.4. The highest BCUT2D eigenvalue weighted by Gasteiger charge is 2.31. The maximum absolute atomic E-state index is 13.0. The molecule has 2 rings (SSSR count). The molecule has 2 aromatic rings. The van der Waals surface area contributed by atoms with E-state index in [-0.39, 0.29) is 18.6 Å². The van der Waals surface area contributed by atoms with Crippen LogP contribution in [0.25, 0.3) is 0 Å². The molecule has 7 N–H and O–H groups in total. The number of benzene rings is 2. The number of nitrogens with one attached hydrogen (secondary N) is 3. The highest BCUT2D eigenvalue weighted by Crippen LogP contribution is 2.07. The molecule has 0 heterocycles. The van der Waals surface area contributed by atoms with Crippen LogP contribution in [-0.2, 0) is 36.8 Å². The van der Waals surface area contributed by atoms with Crippen molar-refractivity contribution in [2.24, 2.45) is 5.73 Å². The second kappa shape index (κ2) is 14.6. The van der Waals surface area contributed by atoms with Crippen molar-refractivity contribution in [1.29, 1.82) is 0 Å². The summed E-state index contributed by atoms with van der Waals surface area (Å²) >= 11 is 3.92. The molecule has 4 atom stereocenters. The Morgan fingerprint density at radius 1 is 0.703 bits per heavy atom. The fourth-order valence-corrected chi connectivity index (χ4v) is 3.66. The summed E-state index contributed by atoms with van der Waals surface area (Å²) in [5.41, 5.74) is 7.40. The van der Waals surface area contributed by atoms with Crippen molar-refractivity contribution in [3.05, 3.63) is 71.8 Å². The van der Waals surface area contributed by atoms with E-state index >= 15 is 0 Å². The number of rotatable bonds is 14. The number of carbonyl (C=O) groups excluding carboxylic acids is 3. The Labute approximate surface area is 219 Å². The molecule has 0 fully saturated rings. The lowest BCUT2D eigenvalue weighted by atomic mass is 10.0. The third kappa shape index (κ3) is 9.94. The van der Waals surface area contributed by atoms with E-state index in [0.29, 0.717) is 5.56 Å². The van der Waals surface area contributed by atoms with Crippen LogP contribution in [0.2, 0.25) is 0 Å². The monoisotopic (exact) mass is 530 g/mol. The van der Waals surface area contributed by atoms with Crippen LogP contribution in [-0.4, -0.2) is 69.8 Å². The van der Waals surface area contributed by atoms with E-state index in [4.69, 9.17) is 5.73 Å². The van der Waals surface area contributed by atoms with Crippen molar-refractivity contribution < 1.29 is 34.2 Å². The van der Waals surface area contributed by atoms with Crippen molar-refractivity contribution in [1.82, 2.24) is 16.0 Å². The zero-order chi connectivity index (χ0) is 27.4. The number of carbonyl (C=O) groups is 5. The molecule has 0 aromatic heterocycles. The maximum Gasteiger partial charge on any atom is 0.327 e. The Kier molecular flexibility index (Phi) is 11.6. The molecule has 11 nitrogen and oxygen atoms in total. The van der Waals surface area contributed by atoms with Crippen LogP contribution in [0.15, 0.2) is 60.7 Å². The third-order valence-corrected chi connectivity index (χ3v) is 5.72. The van der Waals surface area contributed by atoms with Crippen LogP contribution in [0.1, 0.15) is 17.5 Å². The van der Waals surface area contributed by atoms with Gasteiger partial charge < -0.3 is 31.9 Å². The van der Waals surface area contributed by atoms with Gasteiger partial charge in [-0.15, -0.1) is 0 Å². The van der Waals surface area contributed by atoms with Crippen LogP contribution in [0.4, 0.5) is 0 Å². The van der Waals surface area contributed by atoms with Gasteiger partial charge in [-0.25, -0.2) is 4.79 Å². The minimum atomic E-state index is -1.53. The molecular formula is C25H30N4O7S. The maximum atomic E-state index is 13.0. The molecule has 0 saturated heterocycles. The van der Waals surface area contributed by atoms with Gasteiger partial charge in [-0.05, 0) is 17.5 Å². The minimum absolute atomic E-state index is 0.0153. The highest BCUT2D eigenvalue weighted by atomic mass is 32.1. The second-order valence-corrected chi connectivity index (χ2v) is 8.65. The summed E-state index contributed by atoms with van der Waals surface area (Å²) in [6.45, 7) is 0. The lowest BCUT2D eigenvalue weighted by molar-refractivity contribution is -0.142. The Morgan fingerprint density at radius 3 is 1.65 bits per heavy atom. The molecule has 0 saturated carbocycles. The second-order valence-electron chi connectivity index (χ2n) is 8.29. The van der Waals surface area contributed by atoms with Crippen LogP contribution in [0, 0.1) is 0 Å². The van der Waals surface area contributed by atoms with Crippen molar-refractivity contribution >= 4 is 42.3 Å². The average molecular weight is 531 g/mol. The number of hydrogen-bond donors (Lipinski definition) is 7. The quantitative estimate of drug-likeness (QED) is 0.163. The molecule has 0 radical (unpaired) electrons. The predicted octanol–water partition coefficient (Wildman–Crippen LogP) is -0.257. The molecule has 0 aliphatic rings. The number of thiol groups is 1. The molecule has 0 aliphatic carbocycles. The Bertz CT molecular complexity index is 1080. The minimum Gasteiger partial charge on any atom is -0.481 e. The molecule has 37 heavy (non-hydrogen) atoms.